The normalized spacial score (nSPS) is 16.7. The summed E-state index contributed by atoms with van der Waals surface area (Å²) in [7, 11) is 3.13. The molecule has 1 amide bonds. The van der Waals surface area contributed by atoms with Gasteiger partial charge in [-0.2, -0.15) is 0 Å². The number of aryl methyl sites for hydroxylation is 1. The number of nitrogens with one attached hydrogen (secondary N) is 1. The van der Waals surface area contributed by atoms with Crippen molar-refractivity contribution in [2.75, 3.05) is 19.5 Å². The van der Waals surface area contributed by atoms with Gasteiger partial charge in [-0.25, -0.2) is 0 Å². The summed E-state index contributed by atoms with van der Waals surface area (Å²) < 4.78 is 15.9. The zero-order chi connectivity index (χ0) is 18.9. The van der Waals surface area contributed by atoms with E-state index in [4.69, 9.17) is 14.0 Å². The third-order valence-electron chi connectivity index (χ3n) is 5.12. The van der Waals surface area contributed by atoms with Crippen LogP contribution in [0.25, 0.3) is 0 Å². The van der Waals surface area contributed by atoms with Crippen molar-refractivity contribution in [3.63, 3.8) is 0 Å². The van der Waals surface area contributed by atoms with E-state index >= 15 is 0 Å². The van der Waals surface area contributed by atoms with Crippen LogP contribution in [0.5, 0.6) is 11.5 Å². The summed E-state index contributed by atoms with van der Waals surface area (Å²) in [5.41, 5.74) is 2.12. The lowest BCUT2D eigenvalue weighted by Crippen LogP contribution is -2.27. The lowest BCUT2D eigenvalue weighted by atomic mass is 9.71. The number of methoxy groups -OCH3 is 2. The molecule has 0 spiro atoms. The number of rotatable bonds is 4. The molecular weight excluding hydrogens is 332 g/mol. The summed E-state index contributed by atoms with van der Waals surface area (Å²) >= 11 is 0. The molecule has 1 N–H and O–H groups in total. The van der Waals surface area contributed by atoms with E-state index in [1.165, 1.54) is 0 Å². The van der Waals surface area contributed by atoms with Gasteiger partial charge in [0.2, 0.25) is 0 Å². The third kappa shape index (κ3) is 3.54. The summed E-state index contributed by atoms with van der Waals surface area (Å²) in [6.07, 6.45) is 2.70. The van der Waals surface area contributed by atoms with E-state index in [1.807, 2.05) is 0 Å². The Hall–Kier alpha value is -2.50. The number of benzene rings is 1. The van der Waals surface area contributed by atoms with E-state index in [0.717, 1.165) is 30.6 Å². The Labute approximate surface area is 153 Å². The number of amides is 1. The van der Waals surface area contributed by atoms with Gasteiger partial charge in [0, 0.05) is 23.7 Å². The number of anilines is 1. The number of nitrogens with zero attached hydrogens (tertiary/aromatic N) is 1. The average Bonchev–Trinajstić information content (AvgIpc) is 3.04. The van der Waals surface area contributed by atoms with Gasteiger partial charge in [-0.1, -0.05) is 25.9 Å². The first-order valence-corrected chi connectivity index (χ1v) is 8.84. The molecule has 0 unspecified atom stereocenters. The van der Waals surface area contributed by atoms with Crippen LogP contribution >= 0.6 is 0 Å². The van der Waals surface area contributed by atoms with Crippen molar-refractivity contribution in [1.29, 1.82) is 0 Å². The largest absolute Gasteiger partial charge is 0.493 e. The SMILES string of the molecule is COc1ccc(NC(=O)c2noc3c2C[C@H](C(C)(C)C)CC3)cc1OC. The van der Waals surface area contributed by atoms with Gasteiger partial charge >= 0.3 is 0 Å². The topological polar surface area (TPSA) is 73.6 Å². The van der Waals surface area contributed by atoms with E-state index in [9.17, 15) is 4.79 Å². The zero-order valence-electron chi connectivity index (χ0n) is 16.0. The summed E-state index contributed by atoms with van der Waals surface area (Å²) in [5, 5.41) is 6.92. The molecule has 0 fully saturated rings. The van der Waals surface area contributed by atoms with Crippen LogP contribution in [-0.4, -0.2) is 25.3 Å². The Bertz CT molecular complexity index is 805. The predicted octanol–water partition coefficient (Wildman–Crippen LogP) is 4.10. The number of carbonyl (C=O) groups excluding carboxylic acids is 1. The fraction of sp³-hybridized carbons (Fsp3) is 0.500. The fourth-order valence-electron chi connectivity index (χ4n) is 3.43. The van der Waals surface area contributed by atoms with Gasteiger partial charge in [-0.05, 0) is 36.3 Å². The third-order valence-corrected chi connectivity index (χ3v) is 5.12. The maximum atomic E-state index is 12.8. The second kappa shape index (κ2) is 7.02. The van der Waals surface area contributed by atoms with Gasteiger partial charge in [0.05, 0.1) is 14.2 Å². The van der Waals surface area contributed by atoms with Crippen LogP contribution < -0.4 is 14.8 Å². The second-order valence-electron chi connectivity index (χ2n) is 7.76. The number of aromatic nitrogens is 1. The highest BCUT2D eigenvalue weighted by molar-refractivity contribution is 6.04. The zero-order valence-corrected chi connectivity index (χ0v) is 16.0. The molecule has 6 nitrogen and oxygen atoms in total. The van der Waals surface area contributed by atoms with Gasteiger partial charge in [-0.15, -0.1) is 0 Å². The van der Waals surface area contributed by atoms with Gasteiger partial charge in [0.25, 0.3) is 5.91 Å². The Morgan fingerprint density at radius 2 is 1.96 bits per heavy atom. The molecular formula is C20H26N2O4. The van der Waals surface area contributed by atoms with Gasteiger partial charge in [-0.3, -0.25) is 4.79 Å². The Morgan fingerprint density at radius 1 is 1.23 bits per heavy atom. The molecule has 1 aliphatic carbocycles. The van der Waals surface area contributed by atoms with Gasteiger partial charge < -0.3 is 19.3 Å². The molecule has 3 rings (SSSR count). The van der Waals surface area contributed by atoms with Crippen LogP contribution in [-0.2, 0) is 12.8 Å². The molecule has 0 radical (unpaired) electrons. The van der Waals surface area contributed by atoms with Crippen molar-refractivity contribution in [3.8, 4) is 11.5 Å². The molecule has 2 aromatic rings. The molecule has 1 heterocycles. The molecule has 0 bridgehead atoms. The predicted molar refractivity (Wildman–Crippen MR) is 99.0 cm³/mol. The van der Waals surface area contributed by atoms with Crippen molar-refractivity contribution in [2.24, 2.45) is 11.3 Å². The number of carbonyl (C=O) groups is 1. The molecule has 1 aliphatic rings. The number of hydrogen-bond donors (Lipinski definition) is 1. The second-order valence-corrected chi connectivity index (χ2v) is 7.76. The molecule has 1 aromatic carbocycles. The van der Waals surface area contributed by atoms with Crippen molar-refractivity contribution in [1.82, 2.24) is 5.16 Å². The van der Waals surface area contributed by atoms with Crippen molar-refractivity contribution in [3.05, 3.63) is 35.2 Å². The van der Waals surface area contributed by atoms with E-state index in [0.29, 0.717) is 28.8 Å². The molecule has 0 saturated heterocycles. The lowest BCUT2D eigenvalue weighted by Gasteiger charge is -2.33. The first-order chi connectivity index (χ1) is 12.3. The molecule has 0 saturated carbocycles. The lowest BCUT2D eigenvalue weighted by molar-refractivity contribution is 0.101. The Morgan fingerprint density at radius 3 is 2.62 bits per heavy atom. The maximum absolute atomic E-state index is 12.8. The first-order valence-electron chi connectivity index (χ1n) is 8.84. The molecule has 1 aromatic heterocycles. The number of ether oxygens (including phenoxy) is 2. The smallest absolute Gasteiger partial charge is 0.278 e. The van der Waals surface area contributed by atoms with Crippen LogP contribution in [0.3, 0.4) is 0 Å². The highest BCUT2D eigenvalue weighted by Gasteiger charge is 2.34. The minimum absolute atomic E-state index is 0.187. The maximum Gasteiger partial charge on any atom is 0.278 e. The van der Waals surface area contributed by atoms with Gasteiger partial charge in [0.15, 0.2) is 17.2 Å². The van der Waals surface area contributed by atoms with Crippen LogP contribution in [0.4, 0.5) is 5.69 Å². The fourth-order valence-corrected chi connectivity index (χ4v) is 3.43. The minimum Gasteiger partial charge on any atom is -0.493 e. The van der Waals surface area contributed by atoms with Gasteiger partial charge in [0.1, 0.15) is 5.76 Å². The van der Waals surface area contributed by atoms with Crippen molar-refractivity contribution in [2.45, 2.75) is 40.0 Å². The van der Waals surface area contributed by atoms with Crippen molar-refractivity contribution < 1.29 is 18.8 Å². The van der Waals surface area contributed by atoms with Crippen LogP contribution in [0, 0.1) is 11.3 Å². The van der Waals surface area contributed by atoms with Crippen LogP contribution in [0.2, 0.25) is 0 Å². The standard InChI is InChI=1S/C20H26N2O4/c1-20(2,3)12-6-8-15-14(10-12)18(22-26-15)19(23)21-13-7-9-16(24-4)17(11-13)25-5/h7,9,11-12H,6,8,10H2,1-5H3,(H,21,23)/t12-/m1/s1. The highest BCUT2D eigenvalue weighted by atomic mass is 16.5. The Balaban J connectivity index is 1.81. The highest BCUT2D eigenvalue weighted by Crippen LogP contribution is 2.38. The van der Waals surface area contributed by atoms with E-state index in [2.05, 4.69) is 31.2 Å². The number of hydrogen-bond acceptors (Lipinski definition) is 5. The monoisotopic (exact) mass is 358 g/mol. The van der Waals surface area contributed by atoms with Crippen molar-refractivity contribution >= 4 is 11.6 Å². The molecule has 6 heteroatoms. The molecule has 140 valence electrons. The van der Waals surface area contributed by atoms with E-state index in [1.54, 1.807) is 32.4 Å². The van der Waals surface area contributed by atoms with Crippen LogP contribution in [0.15, 0.2) is 22.7 Å². The quantitative estimate of drug-likeness (QED) is 0.891. The first kappa shape index (κ1) is 18.3. The summed E-state index contributed by atoms with van der Waals surface area (Å²) in [6.45, 7) is 6.71. The molecule has 0 aliphatic heterocycles. The Kier molecular flexibility index (Phi) is 4.94. The summed E-state index contributed by atoms with van der Waals surface area (Å²) in [5.74, 6) is 2.24. The molecule has 26 heavy (non-hydrogen) atoms. The summed E-state index contributed by atoms with van der Waals surface area (Å²) in [6, 6.07) is 5.24. The van der Waals surface area contributed by atoms with E-state index in [-0.39, 0.29) is 11.3 Å². The number of fused-ring (bicyclic) bond motifs is 1. The molecule has 1 atom stereocenters. The van der Waals surface area contributed by atoms with E-state index < -0.39 is 0 Å². The van der Waals surface area contributed by atoms with Crippen LogP contribution in [0.1, 0.15) is 49.0 Å². The minimum atomic E-state index is -0.267. The summed E-state index contributed by atoms with van der Waals surface area (Å²) in [4.78, 5) is 12.8. The average molecular weight is 358 g/mol.